The summed E-state index contributed by atoms with van der Waals surface area (Å²) in [5, 5.41) is 8.28. The van der Waals surface area contributed by atoms with E-state index in [0.29, 0.717) is 5.92 Å². The van der Waals surface area contributed by atoms with Crippen LogP contribution in [0.15, 0.2) is 24.3 Å². The molecule has 0 aliphatic heterocycles. The molecule has 0 radical (unpaired) electrons. The van der Waals surface area contributed by atoms with Gasteiger partial charge in [-0.05, 0) is 25.3 Å². The number of carbonyl (C=O) groups is 1. The van der Waals surface area contributed by atoms with E-state index in [1.165, 1.54) is 12.5 Å². The summed E-state index contributed by atoms with van der Waals surface area (Å²) < 4.78 is 0. The zero-order valence-corrected chi connectivity index (χ0v) is 7.36. The van der Waals surface area contributed by atoms with Gasteiger partial charge in [-0.1, -0.05) is 24.0 Å². The van der Waals surface area contributed by atoms with Crippen LogP contribution >= 0.6 is 0 Å². The van der Waals surface area contributed by atoms with Crippen molar-refractivity contribution in [1.29, 1.82) is 0 Å². The summed E-state index contributed by atoms with van der Waals surface area (Å²) in [4.78, 5) is 10.1. The number of aliphatic carboxylic acids is 1. The van der Waals surface area contributed by atoms with E-state index < -0.39 is 5.97 Å². The van der Waals surface area contributed by atoms with Crippen molar-refractivity contribution in [2.75, 3.05) is 0 Å². The highest BCUT2D eigenvalue weighted by atomic mass is 16.4. The Bertz CT molecular complexity index is 289. The summed E-state index contributed by atoms with van der Waals surface area (Å²) in [7, 11) is 0. The lowest BCUT2D eigenvalue weighted by atomic mass is 9.97. The minimum absolute atomic E-state index is 0.312. The van der Waals surface area contributed by atoms with Gasteiger partial charge < -0.3 is 5.11 Å². The highest BCUT2D eigenvalue weighted by Gasteiger charge is 2.02. The third kappa shape index (κ3) is 4.17. The minimum Gasteiger partial charge on any atom is -0.478 e. The third-order valence-electron chi connectivity index (χ3n) is 1.83. The van der Waals surface area contributed by atoms with Crippen molar-refractivity contribution in [3.63, 3.8) is 0 Å². The van der Waals surface area contributed by atoms with Crippen molar-refractivity contribution in [3.05, 3.63) is 24.3 Å². The fourth-order valence-electron chi connectivity index (χ4n) is 1.20. The summed E-state index contributed by atoms with van der Waals surface area (Å²) in [5.74, 6) is 5.08. The molecule has 0 aromatic rings. The molecule has 0 aromatic heterocycles. The molecule has 1 aliphatic carbocycles. The van der Waals surface area contributed by atoms with Gasteiger partial charge in [0.05, 0.1) is 0 Å². The molecule has 68 valence electrons. The summed E-state index contributed by atoms with van der Waals surface area (Å²) in [5.41, 5.74) is 0. The molecule has 0 bridgehead atoms. The molecule has 1 rings (SSSR count). The first-order valence-electron chi connectivity index (χ1n) is 4.36. The van der Waals surface area contributed by atoms with Crippen molar-refractivity contribution >= 4 is 5.97 Å². The second kappa shape index (κ2) is 5.21. The van der Waals surface area contributed by atoms with Gasteiger partial charge in [0.2, 0.25) is 0 Å². The van der Waals surface area contributed by atoms with Crippen LogP contribution in [-0.2, 0) is 4.79 Å². The second-order valence-electron chi connectivity index (χ2n) is 2.93. The van der Waals surface area contributed by atoms with Crippen LogP contribution in [-0.4, -0.2) is 11.1 Å². The topological polar surface area (TPSA) is 37.3 Å². The first-order chi connectivity index (χ1) is 6.29. The van der Waals surface area contributed by atoms with Gasteiger partial charge in [-0.2, -0.15) is 0 Å². The Hall–Kier alpha value is -1.49. The van der Waals surface area contributed by atoms with Gasteiger partial charge in [0.15, 0.2) is 0 Å². The van der Waals surface area contributed by atoms with Crippen LogP contribution in [0.4, 0.5) is 0 Å². The van der Waals surface area contributed by atoms with E-state index in [4.69, 9.17) is 5.11 Å². The number of carboxylic acids is 1. The average molecular weight is 176 g/mol. The SMILES string of the molecule is O=C(O)C=CC#CC1C=CCCC1. The zero-order chi connectivity index (χ0) is 9.52. The highest BCUT2D eigenvalue weighted by Crippen LogP contribution is 2.15. The Labute approximate surface area is 78.0 Å². The highest BCUT2D eigenvalue weighted by molar-refractivity contribution is 5.80. The van der Waals surface area contributed by atoms with Gasteiger partial charge in [-0.3, -0.25) is 0 Å². The van der Waals surface area contributed by atoms with E-state index in [2.05, 4.69) is 24.0 Å². The standard InChI is InChI=1S/C11H12O2/c12-11(13)9-5-4-8-10-6-2-1-3-7-10/h2,5-6,9-10H,1,3,7H2,(H,12,13). The fraction of sp³-hybridized carbons (Fsp3) is 0.364. The molecule has 1 unspecified atom stereocenters. The molecule has 2 heteroatoms. The molecule has 0 fully saturated rings. The van der Waals surface area contributed by atoms with Crippen LogP contribution in [0.25, 0.3) is 0 Å². The Balaban J connectivity index is 2.41. The minimum atomic E-state index is -0.950. The largest absolute Gasteiger partial charge is 0.478 e. The van der Waals surface area contributed by atoms with E-state index in [9.17, 15) is 4.79 Å². The third-order valence-corrected chi connectivity index (χ3v) is 1.83. The van der Waals surface area contributed by atoms with Gasteiger partial charge in [-0.15, -0.1) is 0 Å². The Morgan fingerprint density at radius 1 is 1.62 bits per heavy atom. The molecular weight excluding hydrogens is 164 g/mol. The number of allylic oxidation sites excluding steroid dienone is 3. The summed E-state index contributed by atoms with van der Waals surface area (Å²) in [6.07, 6.45) is 10.1. The van der Waals surface area contributed by atoms with Crippen LogP contribution < -0.4 is 0 Å². The molecule has 13 heavy (non-hydrogen) atoms. The van der Waals surface area contributed by atoms with E-state index in [1.54, 1.807) is 0 Å². The van der Waals surface area contributed by atoms with Crippen LogP contribution in [0.3, 0.4) is 0 Å². The summed E-state index contributed by atoms with van der Waals surface area (Å²) >= 11 is 0. The van der Waals surface area contributed by atoms with E-state index in [1.807, 2.05) is 0 Å². The first-order valence-corrected chi connectivity index (χ1v) is 4.36. The van der Waals surface area contributed by atoms with Crippen molar-refractivity contribution in [2.45, 2.75) is 19.3 Å². The van der Waals surface area contributed by atoms with Crippen LogP contribution in [0.5, 0.6) is 0 Å². The molecule has 1 N–H and O–H groups in total. The lowest BCUT2D eigenvalue weighted by Crippen LogP contribution is -1.96. The quantitative estimate of drug-likeness (QED) is 0.377. The Morgan fingerprint density at radius 3 is 3.08 bits per heavy atom. The zero-order valence-electron chi connectivity index (χ0n) is 7.36. The monoisotopic (exact) mass is 176 g/mol. The second-order valence-corrected chi connectivity index (χ2v) is 2.93. The fourth-order valence-corrected chi connectivity index (χ4v) is 1.20. The number of carboxylic acid groups (broad SMARTS) is 1. The lowest BCUT2D eigenvalue weighted by molar-refractivity contribution is -0.131. The normalized spacial score (nSPS) is 21.1. The van der Waals surface area contributed by atoms with Gasteiger partial charge in [0.1, 0.15) is 0 Å². The number of hydrogen-bond donors (Lipinski definition) is 1. The molecule has 0 saturated carbocycles. The van der Waals surface area contributed by atoms with E-state index >= 15 is 0 Å². The molecule has 1 aliphatic rings. The molecule has 0 spiro atoms. The van der Waals surface area contributed by atoms with Gasteiger partial charge >= 0.3 is 5.97 Å². The maximum Gasteiger partial charge on any atom is 0.328 e. The molecule has 2 nitrogen and oxygen atoms in total. The van der Waals surface area contributed by atoms with Crippen LogP contribution in [0, 0.1) is 17.8 Å². The van der Waals surface area contributed by atoms with Gasteiger partial charge in [-0.25, -0.2) is 4.79 Å². The molecule has 0 saturated heterocycles. The van der Waals surface area contributed by atoms with Crippen molar-refractivity contribution in [1.82, 2.24) is 0 Å². The van der Waals surface area contributed by atoms with Crippen molar-refractivity contribution < 1.29 is 9.90 Å². The smallest absolute Gasteiger partial charge is 0.328 e. The summed E-state index contributed by atoms with van der Waals surface area (Å²) in [6.45, 7) is 0. The molecule has 1 atom stereocenters. The van der Waals surface area contributed by atoms with Gasteiger partial charge in [0.25, 0.3) is 0 Å². The van der Waals surface area contributed by atoms with Crippen molar-refractivity contribution in [2.24, 2.45) is 5.92 Å². The molecule has 0 aromatic carbocycles. The van der Waals surface area contributed by atoms with E-state index in [0.717, 1.165) is 18.9 Å². The summed E-state index contributed by atoms with van der Waals surface area (Å²) in [6, 6.07) is 0. The lowest BCUT2D eigenvalue weighted by Gasteiger charge is -2.08. The molecular formula is C11H12O2. The maximum absolute atomic E-state index is 10.1. The Kier molecular flexibility index (Phi) is 3.84. The van der Waals surface area contributed by atoms with Crippen LogP contribution in [0.2, 0.25) is 0 Å². The Morgan fingerprint density at radius 2 is 2.46 bits per heavy atom. The number of rotatable bonds is 1. The van der Waals surface area contributed by atoms with E-state index in [-0.39, 0.29) is 0 Å². The maximum atomic E-state index is 10.1. The van der Waals surface area contributed by atoms with Crippen molar-refractivity contribution in [3.8, 4) is 11.8 Å². The molecule has 0 heterocycles. The average Bonchev–Trinajstić information content (AvgIpc) is 2.14. The predicted molar refractivity (Wildman–Crippen MR) is 51.0 cm³/mol. The number of hydrogen-bond acceptors (Lipinski definition) is 1. The first kappa shape index (κ1) is 9.60. The predicted octanol–water partition coefficient (Wildman–Crippen LogP) is 1.99. The van der Waals surface area contributed by atoms with Gasteiger partial charge in [0, 0.05) is 12.0 Å². The van der Waals surface area contributed by atoms with Crippen LogP contribution in [0.1, 0.15) is 19.3 Å². The molecule has 0 amide bonds.